The first-order chi connectivity index (χ1) is 8.83. The van der Waals surface area contributed by atoms with Gasteiger partial charge in [0.1, 0.15) is 0 Å². The smallest absolute Gasteiger partial charge is 0.249 e. The SMILES string of the molecule is O=C(N=c1ccn(-c2ccccc2)nc1)C1CC1. The molecule has 4 heteroatoms. The molecule has 0 bridgehead atoms. The molecule has 0 spiro atoms. The number of para-hydroxylation sites is 1. The molecule has 1 saturated carbocycles. The van der Waals surface area contributed by atoms with Crippen molar-refractivity contribution in [2.45, 2.75) is 12.8 Å². The van der Waals surface area contributed by atoms with E-state index in [1.807, 2.05) is 36.5 Å². The Morgan fingerprint density at radius 3 is 2.61 bits per heavy atom. The monoisotopic (exact) mass is 239 g/mol. The summed E-state index contributed by atoms with van der Waals surface area (Å²) in [7, 11) is 0. The first-order valence-electron chi connectivity index (χ1n) is 6.02. The van der Waals surface area contributed by atoms with Gasteiger partial charge in [-0.2, -0.15) is 5.10 Å². The van der Waals surface area contributed by atoms with Gasteiger partial charge in [0.25, 0.3) is 0 Å². The third kappa shape index (κ3) is 2.37. The Bertz CT molecular complexity index is 606. The Morgan fingerprint density at radius 1 is 1.22 bits per heavy atom. The minimum absolute atomic E-state index is 0.0192. The molecule has 1 aliphatic carbocycles. The average molecular weight is 239 g/mol. The number of hydrogen-bond acceptors (Lipinski definition) is 2. The normalized spacial score (nSPS) is 15.7. The number of carbonyl (C=O) groups is 1. The van der Waals surface area contributed by atoms with Gasteiger partial charge < -0.3 is 0 Å². The number of rotatable bonds is 2. The van der Waals surface area contributed by atoms with Crippen molar-refractivity contribution in [2.24, 2.45) is 10.9 Å². The van der Waals surface area contributed by atoms with Crippen LogP contribution in [0.4, 0.5) is 0 Å². The highest BCUT2D eigenvalue weighted by Gasteiger charge is 2.28. The summed E-state index contributed by atoms with van der Waals surface area (Å²) < 4.78 is 1.75. The zero-order chi connectivity index (χ0) is 12.4. The summed E-state index contributed by atoms with van der Waals surface area (Å²) in [5.74, 6) is 0.140. The molecule has 1 aromatic heterocycles. The second-order valence-electron chi connectivity index (χ2n) is 4.39. The van der Waals surface area contributed by atoms with Gasteiger partial charge in [0.2, 0.25) is 5.91 Å². The lowest BCUT2D eigenvalue weighted by Gasteiger charge is -2.03. The number of benzene rings is 1. The zero-order valence-electron chi connectivity index (χ0n) is 9.86. The number of aromatic nitrogens is 2. The molecule has 0 atom stereocenters. The van der Waals surface area contributed by atoms with Gasteiger partial charge in [-0.05, 0) is 31.0 Å². The van der Waals surface area contributed by atoms with Crippen LogP contribution in [0.15, 0.2) is 53.8 Å². The quantitative estimate of drug-likeness (QED) is 0.801. The third-order valence-corrected chi connectivity index (χ3v) is 2.89. The van der Waals surface area contributed by atoms with Crippen molar-refractivity contribution in [1.82, 2.24) is 9.78 Å². The minimum Gasteiger partial charge on any atom is -0.272 e. The van der Waals surface area contributed by atoms with Gasteiger partial charge in [0.15, 0.2) is 0 Å². The van der Waals surface area contributed by atoms with Crippen LogP contribution in [0.5, 0.6) is 0 Å². The fourth-order valence-corrected chi connectivity index (χ4v) is 1.70. The molecule has 0 N–H and O–H groups in total. The maximum absolute atomic E-state index is 11.5. The van der Waals surface area contributed by atoms with Crippen LogP contribution >= 0.6 is 0 Å². The molecule has 1 fully saturated rings. The maximum Gasteiger partial charge on any atom is 0.249 e. The van der Waals surface area contributed by atoms with Crippen molar-refractivity contribution < 1.29 is 4.79 Å². The highest BCUT2D eigenvalue weighted by molar-refractivity contribution is 5.81. The van der Waals surface area contributed by atoms with E-state index in [1.54, 1.807) is 16.9 Å². The number of nitrogens with zero attached hydrogens (tertiary/aromatic N) is 3. The Hall–Kier alpha value is -2.23. The molecule has 1 amide bonds. The van der Waals surface area contributed by atoms with E-state index in [-0.39, 0.29) is 11.8 Å². The third-order valence-electron chi connectivity index (χ3n) is 2.89. The number of carbonyl (C=O) groups excluding carboxylic acids is 1. The number of amides is 1. The molecule has 0 aliphatic heterocycles. The van der Waals surface area contributed by atoms with E-state index < -0.39 is 0 Å². The molecular weight excluding hydrogens is 226 g/mol. The van der Waals surface area contributed by atoms with Gasteiger partial charge >= 0.3 is 0 Å². The van der Waals surface area contributed by atoms with Crippen LogP contribution < -0.4 is 5.36 Å². The van der Waals surface area contributed by atoms with Crippen LogP contribution in [-0.4, -0.2) is 15.7 Å². The fourth-order valence-electron chi connectivity index (χ4n) is 1.70. The standard InChI is InChI=1S/C14H13N3O/c18-14(11-6-7-11)16-12-8-9-17(15-10-12)13-4-2-1-3-5-13/h1-5,8-11H,6-7H2. The summed E-state index contributed by atoms with van der Waals surface area (Å²) in [5.41, 5.74) is 0.984. The summed E-state index contributed by atoms with van der Waals surface area (Å²) >= 11 is 0. The molecule has 18 heavy (non-hydrogen) atoms. The largest absolute Gasteiger partial charge is 0.272 e. The molecule has 3 rings (SSSR count). The second-order valence-corrected chi connectivity index (χ2v) is 4.39. The predicted molar refractivity (Wildman–Crippen MR) is 66.9 cm³/mol. The summed E-state index contributed by atoms with van der Waals surface area (Å²) in [6.07, 6.45) is 5.39. The Morgan fingerprint density at radius 2 is 2.00 bits per heavy atom. The van der Waals surface area contributed by atoms with Crippen molar-refractivity contribution in [3.8, 4) is 5.69 Å². The van der Waals surface area contributed by atoms with E-state index in [0.717, 1.165) is 18.5 Å². The van der Waals surface area contributed by atoms with E-state index in [1.165, 1.54) is 0 Å². The van der Waals surface area contributed by atoms with E-state index in [9.17, 15) is 4.79 Å². The molecule has 90 valence electrons. The van der Waals surface area contributed by atoms with E-state index >= 15 is 0 Å². The van der Waals surface area contributed by atoms with Crippen molar-refractivity contribution in [3.63, 3.8) is 0 Å². The molecule has 2 aromatic rings. The van der Waals surface area contributed by atoms with Gasteiger partial charge in [-0.1, -0.05) is 18.2 Å². The van der Waals surface area contributed by atoms with Crippen molar-refractivity contribution in [1.29, 1.82) is 0 Å². The minimum atomic E-state index is -0.0192. The topological polar surface area (TPSA) is 47.2 Å². The van der Waals surface area contributed by atoms with Crippen molar-refractivity contribution in [3.05, 3.63) is 54.1 Å². The van der Waals surface area contributed by atoms with Crippen LogP contribution in [-0.2, 0) is 4.79 Å². The summed E-state index contributed by atoms with van der Waals surface area (Å²) in [6, 6.07) is 11.6. The van der Waals surface area contributed by atoms with Crippen molar-refractivity contribution >= 4 is 5.91 Å². The maximum atomic E-state index is 11.5. The number of hydrogen-bond donors (Lipinski definition) is 0. The van der Waals surface area contributed by atoms with E-state index in [2.05, 4.69) is 10.1 Å². The first-order valence-corrected chi connectivity index (χ1v) is 6.02. The van der Waals surface area contributed by atoms with Crippen LogP contribution in [0.25, 0.3) is 5.69 Å². The molecule has 4 nitrogen and oxygen atoms in total. The Balaban J connectivity index is 1.87. The summed E-state index contributed by atoms with van der Waals surface area (Å²) in [6.45, 7) is 0. The summed E-state index contributed by atoms with van der Waals surface area (Å²) in [4.78, 5) is 15.6. The van der Waals surface area contributed by atoms with Gasteiger partial charge in [-0.15, -0.1) is 0 Å². The molecular formula is C14H13N3O. The van der Waals surface area contributed by atoms with Gasteiger partial charge in [-0.3, -0.25) is 4.79 Å². The molecule has 0 saturated heterocycles. The van der Waals surface area contributed by atoms with Crippen LogP contribution in [0, 0.1) is 5.92 Å². The highest BCUT2D eigenvalue weighted by atomic mass is 16.1. The lowest BCUT2D eigenvalue weighted by Crippen LogP contribution is -2.11. The zero-order valence-corrected chi connectivity index (χ0v) is 9.86. The molecule has 1 aliphatic rings. The van der Waals surface area contributed by atoms with Crippen LogP contribution in [0.2, 0.25) is 0 Å². The van der Waals surface area contributed by atoms with Gasteiger partial charge in [0, 0.05) is 12.1 Å². The van der Waals surface area contributed by atoms with Gasteiger partial charge in [0.05, 0.1) is 17.2 Å². The predicted octanol–water partition coefficient (Wildman–Crippen LogP) is 1.71. The fraction of sp³-hybridized carbons (Fsp3) is 0.214. The van der Waals surface area contributed by atoms with Crippen LogP contribution in [0.1, 0.15) is 12.8 Å². The Kier molecular flexibility index (Phi) is 2.76. The summed E-state index contributed by atoms with van der Waals surface area (Å²) in [5, 5.41) is 4.88. The highest BCUT2D eigenvalue weighted by Crippen LogP contribution is 2.29. The Labute approximate surface area is 105 Å². The van der Waals surface area contributed by atoms with E-state index in [4.69, 9.17) is 0 Å². The molecule has 0 radical (unpaired) electrons. The van der Waals surface area contributed by atoms with E-state index in [0.29, 0.717) is 5.36 Å². The first kappa shape index (κ1) is 10.9. The lowest BCUT2D eigenvalue weighted by atomic mass is 10.3. The lowest BCUT2D eigenvalue weighted by molar-refractivity contribution is -0.119. The molecule has 1 heterocycles. The van der Waals surface area contributed by atoms with Crippen LogP contribution in [0.3, 0.4) is 0 Å². The molecule has 1 aromatic carbocycles. The molecule has 0 unspecified atom stereocenters. The second kappa shape index (κ2) is 4.56. The van der Waals surface area contributed by atoms with Gasteiger partial charge in [-0.25, -0.2) is 9.67 Å². The average Bonchev–Trinajstić information content (AvgIpc) is 3.25. The van der Waals surface area contributed by atoms with Crippen molar-refractivity contribution in [2.75, 3.05) is 0 Å².